The van der Waals surface area contributed by atoms with E-state index in [1.807, 2.05) is 26.8 Å². The molecule has 7 nitrogen and oxygen atoms in total. The predicted molar refractivity (Wildman–Crippen MR) is 98.4 cm³/mol. The molecule has 0 spiro atoms. The van der Waals surface area contributed by atoms with Gasteiger partial charge in [0.25, 0.3) is 5.91 Å². The number of nitrogens with zero attached hydrogens (tertiary/aromatic N) is 3. The largest absolute Gasteiger partial charge is 0.373 e. The Kier molecular flexibility index (Phi) is 6.05. The fourth-order valence-electron chi connectivity index (χ4n) is 2.54. The van der Waals surface area contributed by atoms with Crippen LogP contribution in [0.15, 0.2) is 47.0 Å². The average molecular weight is 376 g/mol. The second-order valence-electron chi connectivity index (χ2n) is 7.11. The van der Waals surface area contributed by atoms with E-state index in [2.05, 4.69) is 5.32 Å². The molecule has 1 aromatic rings. The molecule has 1 aliphatic rings. The molecule has 140 valence electrons. The van der Waals surface area contributed by atoms with Crippen LogP contribution in [-0.2, 0) is 14.8 Å². The Balaban J connectivity index is 2.04. The Bertz CT molecular complexity index is 812. The zero-order valence-electron chi connectivity index (χ0n) is 15.3. The zero-order valence-corrected chi connectivity index (χ0v) is 16.1. The van der Waals surface area contributed by atoms with Gasteiger partial charge in [-0.3, -0.25) is 4.79 Å². The van der Waals surface area contributed by atoms with E-state index in [1.165, 1.54) is 10.5 Å². The van der Waals surface area contributed by atoms with Crippen LogP contribution in [0.2, 0.25) is 0 Å². The van der Waals surface area contributed by atoms with Crippen molar-refractivity contribution in [2.45, 2.75) is 31.2 Å². The maximum atomic E-state index is 12.6. The highest BCUT2D eigenvalue weighted by Crippen LogP contribution is 2.17. The van der Waals surface area contributed by atoms with E-state index in [9.17, 15) is 18.5 Å². The number of piperazine rings is 1. The third-order valence-corrected chi connectivity index (χ3v) is 5.73. The minimum atomic E-state index is -3.52. The quantitative estimate of drug-likeness (QED) is 0.632. The molecular weight excluding hydrogens is 352 g/mol. The number of rotatable bonds is 4. The van der Waals surface area contributed by atoms with Gasteiger partial charge in [-0.25, -0.2) is 8.42 Å². The number of nitrogens with one attached hydrogen (secondary N) is 1. The van der Waals surface area contributed by atoms with E-state index in [-0.39, 0.29) is 10.5 Å². The second-order valence-corrected chi connectivity index (χ2v) is 9.05. The van der Waals surface area contributed by atoms with E-state index in [0.717, 1.165) is 0 Å². The monoisotopic (exact) mass is 376 g/mol. The van der Waals surface area contributed by atoms with Crippen LogP contribution >= 0.6 is 0 Å². The number of amides is 1. The van der Waals surface area contributed by atoms with E-state index < -0.39 is 21.5 Å². The molecule has 0 aromatic heterocycles. The van der Waals surface area contributed by atoms with Crippen molar-refractivity contribution >= 4 is 15.9 Å². The fourth-order valence-corrected chi connectivity index (χ4v) is 3.99. The first kappa shape index (κ1) is 19.9. The summed E-state index contributed by atoms with van der Waals surface area (Å²) >= 11 is 0. The second kappa shape index (κ2) is 7.89. The number of nitriles is 1. The van der Waals surface area contributed by atoms with Crippen LogP contribution in [-0.4, -0.2) is 55.2 Å². The smallest absolute Gasteiger partial charge is 0.263 e. The molecule has 2 rings (SSSR count). The average Bonchev–Trinajstić information content (AvgIpc) is 2.59. The summed E-state index contributed by atoms with van der Waals surface area (Å²) in [5.74, 6) is -0.431. The van der Waals surface area contributed by atoms with Crippen molar-refractivity contribution in [2.24, 2.45) is 0 Å². The Morgan fingerprint density at radius 2 is 1.73 bits per heavy atom. The number of carbonyl (C=O) groups excluding carboxylic acids is 1. The first-order valence-electron chi connectivity index (χ1n) is 8.37. The minimum absolute atomic E-state index is 0.0132. The fraction of sp³-hybridized carbons (Fsp3) is 0.444. The van der Waals surface area contributed by atoms with E-state index in [0.29, 0.717) is 26.2 Å². The highest BCUT2D eigenvalue weighted by molar-refractivity contribution is 7.89. The third-order valence-electron chi connectivity index (χ3n) is 3.82. The Morgan fingerprint density at radius 3 is 2.23 bits per heavy atom. The lowest BCUT2D eigenvalue weighted by atomic mass is 10.1. The van der Waals surface area contributed by atoms with Crippen LogP contribution in [0.4, 0.5) is 0 Å². The summed E-state index contributed by atoms with van der Waals surface area (Å²) < 4.78 is 26.6. The van der Waals surface area contributed by atoms with Crippen LogP contribution in [0, 0.1) is 11.3 Å². The lowest BCUT2D eigenvalue weighted by molar-refractivity contribution is -0.118. The molecule has 0 radical (unpaired) electrons. The first-order valence-corrected chi connectivity index (χ1v) is 9.81. The maximum Gasteiger partial charge on any atom is 0.263 e. The van der Waals surface area contributed by atoms with Crippen molar-refractivity contribution < 1.29 is 13.2 Å². The lowest BCUT2D eigenvalue weighted by Crippen LogP contribution is -2.47. The van der Waals surface area contributed by atoms with Crippen molar-refractivity contribution in [1.82, 2.24) is 14.5 Å². The van der Waals surface area contributed by atoms with Gasteiger partial charge in [-0.15, -0.1) is 0 Å². The zero-order chi connectivity index (χ0) is 19.4. The predicted octanol–water partition coefficient (Wildman–Crippen LogP) is 1.32. The van der Waals surface area contributed by atoms with E-state index in [4.69, 9.17) is 0 Å². The molecule has 1 aliphatic heterocycles. The molecule has 1 heterocycles. The van der Waals surface area contributed by atoms with Crippen molar-refractivity contribution in [2.75, 3.05) is 26.2 Å². The van der Waals surface area contributed by atoms with Crippen molar-refractivity contribution in [3.8, 4) is 6.07 Å². The highest BCUT2D eigenvalue weighted by Gasteiger charge is 2.28. The van der Waals surface area contributed by atoms with Gasteiger partial charge < -0.3 is 10.2 Å². The molecule has 26 heavy (non-hydrogen) atoms. The molecule has 1 N–H and O–H groups in total. The SMILES string of the molecule is CC(C)(C)NC(=O)/C(C#N)=C\N1CCN(S(=O)(=O)c2ccccc2)CC1. The standard InChI is InChI=1S/C18H24N4O3S/c1-18(2,3)20-17(23)15(13-19)14-21-9-11-22(12-10-21)26(24,25)16-7-5-4-6-8-16/h4-8,14H,9-12H2,1-3H3,(H,20,23)/b15-14-. The molecule has 0 unspecified atom stereocenters. The summed E-state index contributed by atoms with van der Waals surface area (Å²) in [6, 6.07) is 10.2. The van der Waals surface area contributed by atoms with Gasteiger partial charge in [-0.1, -0.05) is 18.2 Å². The normalized spacial score (nSPS) is 16.8. The molecule has 8 heteroatoms. The van der Waals surface area contributed by atoms with Crippen LogP contribution < -0.4 is 5.32 Å². The molecule has 1 amide bonds. The number of sulfonamides is 1. The number of carbonyl (C=O) groups is 1. The topological polar surface area (TPSA) is 93.5 Å². The summed E-state index contributed by atoms with van der Waals surface area (Å²) in [5, 5.41) is 12.0. The van der Waals surface area contributed by atoms with Gasteiger partial charge in [0.05, 0.1) is 4.90 Å². The first-order chi connectivity index (χ1) is 12.1. The van der Waals surface area contributed by atoms with Gasteiger partial charge in [0.2, 0.25) is 10.0 Å². The highest BCUT2D eigenvalue weighted by atomic mass is 32.2. The van der Waals surface area contributed by atoms with Gasteiger partial charge in [0, 0.05) is 37.9 Å². The van der Waals surface area contributed by atoms with E-state index >= 15 is 0 Å². The van der Waals surface area contributed by atoms with Crippen molar-refractivity contribution in [3.05, 3.63) is 42.1 Å². The minimum Gasteiger partial charge on any atom is -0.373 e. The molecular formula is C18H24N4O3S. The summed E-state index contributed by atoms with van der Waals surface area (Å²) in [4.78, 5) is 14.2. The molecule has 0 aliphatic carbocycles. The summed E-state index contributed by atoms with van der Waals surface area (Å²) in [7, 11) is -3.52. The van der Waals surface area contributed by atoms with E-state index in [1.54, 1.807) is 35.2 Å². The Hall–Kier alpha value is -2.37. The molecule has 1 fully saturated rings. The van der Waals surface area contributed by atoms with Gasteiger partial charge >= 0.3 is 0 Å². The molecule has 1 aromatic carbocycles. The third kappa shape index (κ3) is 5.07. The summed E-state index contributed by atoms with van der Waals surface area (Å²) in [5.41, 5.74) is -0.422. The molecule has 0 saturated carbocycles. The van der Waals surface area contributed by atoms with Crippen LogP contribution in [0.5, 0.6) is 0 Å². The number of benzene rings is 1. The van der Waals surface area contributed by atoms with Crippen molar-refractivity contribution in [3.63, 3.8) is 0 Å². The van der Waals surface area contributed by atoms with Crippen LogP contribution in [0.1, 0.15) is 20.8 Å². The van der Waals surface area contributed by atoms with Gasteiger partial charge in [0.15, 0.2) is 0 Å². The number of hydrogen-bond acceptors (Lipinski definition) is 5. The Morgan fingerprint density at radius 1 is 1.15 bits per heavy atom. The molecule has 1 saturated heterocycles. The summed E-state index contributed by atoms with van der Waals surface area (Å²) in [6.07, 6.45) is 1.51. The van der Waals surface area contributed by atoms with Crippen LogP contribution in [0.3, 0.4) is 0 Å². The van der Waals surface area contributed by atoms with Gasteiger partial charge in [-0.05, 0) is 32.9 Å². The Labute approximate surface area is 154 Å². The van der Waals surface area contributed by atoms with Gasteiger partial charge in [-0.2, -0.15) is 9.57 Å². The lowest BCUT2D eigenvalue weighted by Gasteiger charge is -2.33. The molecule has 0 bridgehead atoms. The number of hydrogen-bond donors (Lipinski definition) is 1. The van der Waals surface area contributed by atoms with Crippen molar-refractivity contribution in [1.29, 1.82) is 5.26 Å². The maximum absolute atomic E-state index is 12.6. The van der Waals surface area contributed by atoms with Crippen LogP contribution in [0.25, 0.3) is 0 Å². The molecule has 0 atom stereocenters. The van der Waals surface area contributed by atoms with Gasteiger partial charge in [0.1, 0.15) is 11.6 Å². The summed E-state index contributed by atoms with van der Waals surface area (Å²) in [6.45, 7) is 6.95.